The first kappa shape index (κ1) is 18.9. The second-order valence-corrected chi connectivity index (χ2v) is 6.60. The van der Waals surface area contributed by atoms with E-state index in [1.807, 2.05) is 0 Å². The van der Waals surface area contributed by atoms with Crippen LogP contribution < -0.4 is 0 Å². The van der Waals surface area contributed by atoms with Crippen LogP contribution in [0.4, 0.5) is 0 Å². The maximum absolute atomic E-state index is 11.6. The number of aliphatic hydroxyl groups is 1. The summed E-state index contributed by atoms with van der Waals surface area (Å²) in [5, 5.41) is 19.6. The number of phenols is 1. The number of hydrogen-bond acceptors (Lipinski definition) is 5. The fourth-order valence-electron chi connectivity index (χ4n) is 2.98. The van der Waals surface area contributed by atoms with E-state index in [1.165, 1.54) is 13.0 Å². The molecule has 1 aliphatic rings. The molecule has 0 aromatic heterocycles. The predicted octanol–water partition coefficient (Wildman–Crippen LogP) is 3.73. The maximum atomic E-state index is 11.6. The normalized spacial score (nSPS) is 25.4. The van der Waals surface area contributed by atoms with Gasteiger partial charge in [0, 0.05) is 12.0 Å². The third kappa shape index (κ3) is 5.03. The van der Waals surface area contributed by atoms with Gasteiger partial charge in [-0.1, -0.05) is 6.92 Å². The standard InChI is InChI=1S/C19H28O5/c1-4-15-11-16(7-5-6-12(2)20)24-19(23-15)17-10-14(13(3)21)8-9-18(17)22/h8-10,12,15-16,19-20,22H,4-7,11H2,1-3H3/t12-,15?,16?,19?/m0/s1. The van der Waals surface area contributed by atoms with Gasteiger partial charge in [0.2, 0.25) is 0 Å². The van der Waals surface area contributed by atoms with Crippen LogP contribution in [0.3, 0.4) is 0 Å². The summed E-state index contributed by atoms with van der Waals surface area (Å²) in [6.45, 7) is 5.34. The molecule has 1 aromatic rings. The van der Waals surface area contributed by atoms with E-state index in [-0.39, 0.29) is 29.8 Å². The lowest BCUT2D eigenvalue weighted by molar-refractivity contribution is -0.249. The summed E-state index contributed by atoms with van der Waals surface area (Å²) in [6.07, 6.45) is 3.24. The minimum Gasteiger partial charge on any atom is -0.507 e. The predicted molar refractivity (Wildman–Crippen MR) is 91.0 cm³/mol. The molecule has 134 valence electrons. The van der Waals surface area contributed by atoms with Crippen LogP contribution in [0.2, 0.25) is 0 Å². The zero-order valence-corrected chi connectivity index (χ0v) is 14.7. The number of rotatable bonds is 7. The van der Waals surface area contributed by atoms with E-state index >= 15 is 0 Å². The number of Topliss-reactive ketones (excluding diaryl/α,β-unsaturated/α-hetero) is 1. The van der Waals surface area contributed by atoms with Crippen molar-refractivity contribution in [2.24, 2.45) is 0 Å². The lowest BCUT2D eigenvalue weighted by Gasteiger charge is -2.36. The van der Waals surface area contributed by atoms with Crippen molar-refractivity contribution in [3.05, 3.63) is 29.3 Å². The van der Waals surface area contributed by atoms with Crippen LogP contribution in [0.5, 0.6) is 5.75 Å². The number of benzene rings is 1. The smallest absolute Gasteiger partial charge is 0.188 e. The second-order valence-electron chi connectivity index (χ2n) is 6.60. The molecule has 1 fully saturated rings. The molecule has 3 unspecified atom stereocenters. The topological polar surface area (TPSA) is 76.0 Å². The first-order valence-corrected chi connectivity index (χ1v) is 8.73. The van der Waals surface area contributed by atoms with E-state index < -0.39 is 6.29 Å². The first-order chi connectivity index (χ1) is 11.4. The Hall–Kier alpha value is -1.43. The Labute approximate surface area is 143 Å². The van der Waals surface area contributed by atoms with Crippen LogP contribution in [0.15, 0.2) is 18.2 Å². The van der Waals surface area contributed by atoms with Gasteiger partial charge in [0.15, 0.2) is 12.1 Å². The van der Waals surface area contributed by atoms with Crippen LogP contribution in [-0.2, 0) is 9.47 Å². The quantitative estimate of drug-likeness (QED) is 0.742. The van der Waals surface area contributed by atoms with Crippen LogP contribution in [0.25, 0.3) is 0 Å². The molecule has 0 amide bonds. The van der Waals surface area contributed by atoms with Gasteiger partial charge in [-0.25, -0.2) is 0 Å². The molecular weight excluding hydrogens is 308 g/mol. The molecule has 0 radical (unpaired) electrons. The Morgan fingerprint density at radius 1 is 1.33 bits per heavy atom. The van der Waals surface area contributed by atoms with Gasteiger partial charge in [0.05, 0.1) is 23.9 Å². The highest BCUT2D eigenvalue weighted by Crippen LogP contribution is 2.37. The molecule has 0 spiro atoms. The minimum absolute atomic E-state index is 0.0211. The fraction of sp³-hybridized carbons (Fsp3) is 0.632. The van der Waals surface area contributed by atoms with E-state index in [1.54, 1.807) is 19.1 Å². The van der Waals surface area contributed by atoms with Crippen LogP contribution in [0.1, 0.15) is 75.1 Å². The summed E-state index contributed by atoms with van der Waals surface area (Å²) in [4.78, 5) is 11.6. The summed E-state index contributed by atoms with van der Waals surface area (Å²) in [7, 11) is 0. The number of ketones is 1. The van der Waals surface area contributed by atoms with Crippen molar-refractivity contribution in [2.75, 3.05) is 0 Å². The molecular formula is C19H28O5. The van der Waals surface area contributed by atoms with Gasteiger partial charge in [0.25, 0.3) is 0 Å². The SMILES string of the molecule is CCC1CC(CCC[C@H](C)O)OC(c2cc(C(C)=O)ccc2O)O1. The Morgan fingerprint density at radius 3 is 2.67 bits per heavy atom. The third-order valence-corrected chi connectivity index (χ3v) is 4.45. The van der Waals surface area contributed by atoms with Crippen molar-refractivity contribution < 1.29 is 24.5 Å². The van der Waals surface area contributed by atoms with E-state index in [0.29, 0.717) is 11.1 Å². The lowest BCUT2D eigenvalue weighted by Crippen LogP contribution is -2.33. The van der Waals surface area contributed by atoms with Gasteiger partial charge < -0.3 is 19.7 Å². The van der Waals surface area contributed by atoms with Crippen molar-refractivity contribution in [3.8, 4) is 5.75 Å². The lowest BCUT2D eigenvalue weighted by atomic mass is 10.00. The third-order valence-electron chi connectivity index (χ3n) is 4.45. The Bertz CT molecular complexity index is 555. The van der Waals surface area contributed by atoms with Crippen LogP contribution in [0, 0.1) is 0 Å². The molecule has 4 atom stereocenters. The molecule has 0 bridgehead atoms. The van der Waals surface area contributed by atoms with Gasteiger partial charge >= 0.3 is 0 Å². The molecule has 24 heavy (non-hydrogen) atoms. The van der Waals surface area contributed by atoms with Crippen molar-refractivity contribution in [1.29, 1.82) is 0 Å². The molecule has 1 aromatic carbocycles. The van der Waals surface area contributed by atoms with Crippen LogP contribution in [-0.4, -0.2) is 34.3 Å². The summed E-state index contributed by atoms with van der Waals surface area (Å²) < 4.78 is 12.0. The molecule has 2 N–H and O–H groups in total. The number of ether oxygens (including phenoxy) is 2. The molecule has 2 rings (SSSR count). The highest BCUT2D eigenvalue weighted by Gasteiger charge is 2.31. The summed E-state index contributed by atoms with van der Waals surface area (Å²) in [5.41, 5.74) is 1.03. The highest BCUT2D eigenvalue weighted by atomic mass is 16.7. The fourth-order valence-corrected chi connectivity index (χ4v) is 2.98. The number of phenolic OH excluding ortho intramolecular Hbond substituents is 1. The minimum atomic E-state index is -0.667. The van der Waals surface area contributed by atoms with Gasteiger partial charge in [0.1, 0.15) is 5.75 Å². The second kappa shape index (κ2) is 8.60. The van der Waals surface area contributed by atoms with Crippen molar-refractivity contribution in [2.45, 2.75) is 77.5 Å². The molecule has 1 heterocycles. The van der Waals surface area contributed by atoms with Crippen molar-refractivity contribution in [1.82, 2.24) is 0 Å². The molecule has 1 saturated heterocycles. The van der Waals surface area contributed by atoms with Gasteiger partial charge in [-0.3, -0.25) is 4.79 Å². The average molecular weight is 336 g/mol. The zero-order chi connectivity index (χ0) is 17.7. The molecule has 5 nitrogen and oxygen atoms in total. The number of aliphatic hydroxyl groups excluding tert-OH is 1. The zero-order valence-electron chi connectivity index (χ0n) is 14.7. The maximum Gasteiger partial charge on any atom is 0.188 e. The Kier molecular flexibility index (Phi) is 6.78. The molecule has 0 saturated carbocycles. The number of carbonyl (C=O) groups excluding carboxylic acids is 1. The van der Waals surface area contributed by atoms with Gasteiger partial charge in [-0.2, -0.15) is 0 Å². The monoisotopic (exact) mass is 336 g/mol. The van der Waals surface area contributed by atoms with E-state index in [0.717, 1.165) is 32.1 Å². The molecule has 5 heteroatoms. The largest absolute Gasteiger partial charge is 0.507 e. The van der Waals surface area contributed by atoms with Crippen molar-refractivity contribution in [3.63, 3.8) is 0 Å². The first-order valence-electron chi connectivity index (χ1n) is 8.73. The summed E-state index contributed by atoms with van der Waals surface area (Å²) >= 11 is 0. The molecule has 0 aliphatic carbocycles. The average Bonchev–Trinajstić information content (AvgIpc) is 2.54. The van der Waals surface area contributed by atoms with E-state index in [2.05, 4.69) is 6.92 Å². The highest BCUT2D eigenvalue weighted by molar-refractivity contribution is 5.94. The van der Waals surface area contributed by atoms with E-state index in [9.17, 15) is 15.0 Å². The summed E-state index contributed by atoms with van der Waals surface area (Å²) in [6, 6.07) is 4.76. The Balaban J connectivity index is 2.13. The van der Waals surface area contributed by atoms with Crippen molar-refractivity contribution >= 4 is 5.78 Å². The number of aromatic hydroxyl groups is 1. The molecule has 1 aliphatic heterocycles. The number of carbonyl (C=O) groups is 1. The van der Waals surface area contributed by atoms with Gasteiger partial charge in [-0.15, -0.1) is 0 Å². The Morgan fingerprint density at radius 2 is 2.04 bits per heavy atom. The number of hydrogen-bond donors (Lipinski definition) is 2. The van der Waals surface area contributed by atoms with Crippen LogP contribution >= 0.6 is 0 Å². The van der Waals surface area contributed by atoms with Gasteiger partial charge in [-0.05, 0) is 57.7 Å². The summed E-state index contributed by atoms with van der Waals surface area (Å²) in [5.74, 6) is 0.0112. The van der Waals surface area contributed by atoms with E-state index in [4.69, 9.17) is 9.47 Å².